The van der Waals surface area contributed by atoms with E-state index in [1.54, 1.807) is 6.92 Å². The van der Waals surface area contributed by atoms with Crippen molar-refractivity contribution in [2.24, 2.45) is 0 Å². The van der Waals surface area contributed by atoms with Gasteiger partial charge in [0.1, 0.15) is 12.6 Å². The number of hydrogen-bond donors (Lipinski definition) is 1. The van der Waals surface area contributed by atoms with Crippen LogP contribution in [0.5, 0.6) is 0 Å². The van der Waals surface area contributed by atoms with Gasteiger partial charge in [0.15, 0.2) is 0 Å². The van der Waals surface area contributed by atoms with Crippen LogP contribution in [0.3, 0.4) is 0 Å². The van der Waals surface area contributed by atoms with E-state index in [1.165, 1.54) is 0 Å². The Morgan fingerprint density at radius 3 is 2.50 bits per heavy atom. The highest BCUT2D eigenvalue weighted by Crippen LogP contribution is 2.02. The lowest BCUT2D eigenvalue weighted by molar-refractivity contribution is -0.145. The largest absolute Gasteiger partial charge is 0.464 e. The van der Waals surface area contributed by atoms with Gasteiger partial charge in [-0.2, -0.15) is 0 Å². The zero-order chi connectivity index (χ0) is 16.2. The molecular weight excluding hydrogens is 282 g/mol. The lowest BCUT2D eigenvalue weighted by atomic mass is 10.2. The van der Waals surface area contributed by atoms with Gasteiger partial charge in [0.2, 0.25) is 0 Å². The normalized spacial score (nSPS) is 11.5. The van der Waals surface area contributed by atoms with Crippen molar-refractivity contribution in [3.63, 3.8) is 0 Å². The highest BCUT2D eigenvalue weighted by Gasteiger charge is 2.17. The minimum absolute atomic E-state index is 0.172. The first-order chi connectivity index (χ1) is 10.6. The molecule has 22 heavy (non-hydrogen) atoms. The third kappa shape index (κ3) is 7.67. The molecule has 0 fully saturated rings. The molecule has 0 saturated carbocycles. The predicted octanol–water partition coefficient (Wildman–Crippen LogP) is 3.42. The zero-order valence-corrected chi connectivity index (χ0v) is 13.3. The molecule has 0 heterocycles. The van der Waals surface area contributed by atoms with E-state index in [0.717, 1.165) is 31.2 Å². The van der Waals surface area contributed by atoms with E-state index < -0.39 is 18.1 Å². The number of ether oxygens (including phenoxy) is 2. The Bertz CT molecular complexity index is 447. The highest BCUT2D eigenvalue weighted by atomic mass is 16.6. The molecule has 0 aromatic heterocycles. The molecule has 0 aliphatic rings. The average molecular weight is 307 g/mol. The lowest BCUT2D eigenvalue weighted by Gasteiger charge is -2.13. The molecule has 1 N–H and O–H groups in total. The number of carbonyl (C=O) groups excluding carboxylic acids is 2. The van der Waals surface area contributed by atoms with Crippen LogP contribution in [0, 0.1) is 0 Å². The van der Waals surface area contributed by atoms with Crippen molar-refractivity contribution in [1.29, 1.82) is 0 Å². The average Bonchev–Trinajstić information content (AvgIpc) is 2.53. The Morgan fingerprint density at radius 1 is 1.09 bits per heavy atom. The SMILES string of the molecule is CCCCCCOC(=O)[C@H](C)NC(=O)OCc1ccccc1. The zero-order valence-electron chi connectivity index (χ0n) is 13.3. The quantitative estimate of drug-likeness (QED) is 0.561. The van der Waals surface area contributed by atoms with Crippen LogP contribution in [0.15, 0.2) is 30.3 Å². The van der Waals surface area contributed by atoms with E-state index in [1.807, 2.05) is 30.3 Å². The minimum atomic E-state index is -0.713. The molecule has 1 atom stereocenters. The van der Waals surface area contributed by atoms with Crippen LogP contribution in [-0.4, -0.2) is 24.7 Å². The first-order valence-electron chi connectivity index (χ1n) is 7.77. The van der Waals surface area contributed by atoms with Crippen molar-refractivity contribution in [2.75, 3.05) is 6.61 Å². The maximum atomic E-state index is 11.7. The molecule has 5 heteroatoms. The Labute approximate surface area is 132 Å². The summed E-state index contributed by atoms with van der Waals surface area (Å²) in [7, 11) is 0. The maximum Gasteiger partial charge on any atom is 0.408 e. The Balaban J connectivity index is 2.18. The first kappa shape index (κ1) is 18.0. The van der Waals surface area contributed by atoms with Gasteiger partial charge in [-0.1, -0.05) is 56.5 Å². The van der Waals surface area contributed by atoms with E-state index in [0.29, 0.717) is 6.61 Å². The van der Waals surface area contributed by atoms with Gasteiger partial charge < -0.3 is 14.8 Å². The molecule has 0 saturated heterocycles. The van der Waals surface area contributed by atoms with Crippen LogP contribution in [0.25, 0.3) is 0 Å². The summed E-state index contributed by atoms with van der Waals surface area (Å²) in [5, 5.41) is 2.47. The van der Waals surface area contributed by atoms with Gasteiger partial charge in [0.05, 0.1) is 6.61 Å². The van der Waals surface area contributed by atoms with Crippen molar-refractivity contribution in [3.05, 3.63) is 35.9 Å². The number of rotatable bonds is 9. The first-order valence-corrected chi connectivity index (χ1v) is 7.77. The van der Waals surface area contributed by atoms with Crippen molar-refractivity contribution in [2.45, 2.75) is 52.2 Å². The third-order valence-corrected chi connectivity index (χ3v) is 3.14. The van der Waals surface area contributed by atoms with Crippen LogP contribution < -0.4 is 5.32 Å². The fourth-order valence-corrected chi connectivity index (χ4v) is 1.83. The third-order valence-electron chi connectivity index (χ3n) is 3.14. The predicted molar refractivity (Wildman–Crippen MR) is 84.3 cm³/mol. The number of unbranched alkanes of at least 4 members (excludes halogenated alkanes) is 3. The Hall–Kier alpha value is -2.04. The Kier molecular flexibility index (Phi) is 8.72. The number of amides is 1. The number of carbonyl (C=O) groups is 2. The number of alkyl carbamates (subject to hydrolysis) is 1. The van der Waals surface area contributed by atoms with Gasteiger partial charge in [-0.15, -0.1) is 0 Å². The Morgan fingerprint density at radius 2 is 1.82 bits per heavy atom. The van der Waals surface area contributed by atoms with Gasteiger partial charge in [0, 0.05) is 0 Å². The molecule has 0 unspecified atom stereocenters. The van der Waals surface area contributed by atoms with E-state index in [-0.39, 0.29) is 6.61 Å². The van der Waals surface area contributed by atoms with Gasteiger partial charge in [-0.25, -0.2) is 9.59 Å². The molecule has 5 nitrogen and oxygen atoms in total. The molecule has 1 rings (SSSR count). The van der Waals surface area contributed by atoms with Crippen molar-refractivity contribution in [1.82, 2.24) is 5.32 Å². The van der Waals surface area contributed by atoms with E-state index in [4.69, 9.17) is 9.47 Å². The van der Waals surface area contributed by atoms with Crippen LogP contribution in [-0.2, 0) is 20.9 Å². The molecule has 1 aromatic carbocycles. The monoisotopic (exact) mass is 307 g/mol. The lowest BCUT2D eigenvalue weighted by Crippen LogP contribution is -2.39. The van der Waals surface area contributed by atoms with Crippen LogP contribution in [0.2, 0.25) is 0 Å². The van der Waals surface area contributed by atoms with Crippen molar-refractivity contribution in [3.8, 4) is 0 Å². The highest BCUT2D eigenvalue weighted by molar-refractivity contribution is 5.80. The summed E-state index contributed by atoms with van der Waals surface area (Å²) in [5.41, 5.74) is 0.892. The summed E-state index contributed by atoms with van der Waals surface area (Å²) in [6.07, 6.45) is 3.55. The molecule has 0 radical (unpaired) electrons. The topological polar surface area (TPSA) is 64.6 Å². The summed E-state index contributed by atoms with van der Waals surface area (Å²) in [4.78, 5) is 23.3. The molecule has 122 valence electrons. The van der Waals surface area contributed by atoms with Gasteiger partial charge in [-0.3, -0.25) is 0 Å². The molecular formula is C17H25NO4. The molecule has 1 amide bonds. The van der Waals surface area contributed by atoms with Gasteiger partial charge in [0.25, 0.3) is 0 Å². The van der Waals surface area contributed by atoms with Crippen LogP contribution >= 0.6 is 0 Å². The van der Waals surface area contributed by atoms with E-state index >= 15 is 0 Å². The summed E-state index contributed by atoms with van der Waals surface area (Å²) in [6, 6.07) is 8.64. The molecule has 0 bridgehead atoms. The summed E-state index contributed by atoms with van der Waals surface area (Å²) in [5.74, 6) is -0.437. The second kappa shape index (κ2) is 10.7. The molecule has 0 aliphatic heterocycles. The minimum Gasteiger partial charge on any atom is -0.464 e. The number of nitrogens with one attached hydrogen (secondary N) is 1. The maximum absolute atomic E-state index is 11.7. The van der Waals surface area contributed by atoms with Crippen molar-refractivity contribution < 1.29 is 19.1 Å². The number of hydrogen-bond acceptors (Lipinski definition) is 4. The fourth-order valence-electron chi connectivity index (χ4n) is 1.83. The van der Waals surface area contributed by atoms with Crippen LogP contribution in [0.4, 0.5) is 4.79 Å². The van der Waals surface area contributed by atoms with E-state index in [9.17, 15) is 9.59 Å². The summed E-state index contributed by atoms with van der Waals surface area (Å²) < 4.78 is 10.2. The summed E-state index contributed by atoms with van der Waals surface area (Å²) in [6.45, 7) is 4.27. The van der Waals surface area contributed by atoms with Crippen LogP contribution in [0.1, 0.15) is 45.1 Å². The second-order valence-electron chi connectivity index (χ2n) is 5.16. The fraction of sp³-hybridized carbons (Fsp3) is 0.529. The smallest absolute Gasteiger partial charge is 0.408 e. The molecule has 1 aromatic rings. The van der Waals surface area contributed by atoms with Gasteiger partial charge in [-0.05, 0) is 18.9 Å². The molecule has 0 aliphatic carbocycles. The van der Waals surface area contributed by atoms with Crippen molar-refractivity contribution >= 4 is 12.1 Å². The molecule has 0 spiro atoms. The number of esters is 1. The standard InChI is InChI=1S/C17H25NO4/c1-3-4-5-9-12-21-16(19)14(2)18-17(20)22-13-15-10-7-6-8-11-15/h6-8,10-11,14H,3-5,9,12-13H2,1-2H3,(H,18,20)/t14-/m0/s1. The second-order valence-corrected chi connectivity index (χ2v) is 5.16. The number of benzene rings is 1. The van der Waals surface area contributed by atoms with Gasteiger partial charge >= 0.3 is 12.1 Å². The summed E-state index contributed by atoms with van der Waals surface area (Å²) >= 11 is 0. The van der Waals surface area contributed by atoms with E-state index in [2.05, 4.69) is 12.2 Å².